The molecule has 9 unspecified atom stereocenters. The average molecular weight is 502 g/mol. The van der Waals surface area contributed by atoms with Gasteiger partial charge in [-0.15, -0.1) is 0 Å². The predicted octanol–water partition coefficient (Wildman–Crippen LogP) is 7.27. The molecule has 0 aromatic carbocycles. The molecule has 204 valence electrons. The number of ether oxygens (including phenoxy) is 2. The van der Waals surface area contributed by atoms with Crippen LogP contribution in [0.3, 0.4) is 0 Å². The Bertz CT molecular complexity index is 876. The molecule has 36 heavy (non-hydrogen) atoms. The van der Waals surface area contributed by atoms with E-state index in [0.29, 0.717) is 17.3 Å². The van der Waals surface area contributed by atoms with Gasteiger partial charge in [-0.05, 0) is 126 Å². The molecule has 5 aliphatic rings. The fourth-order valence-corrected chi connectivity index (χ4v) is 10.7. The van der Waals surface area contributed by atoms with Crippen molar-refractivity contribution in [2.75, 3.05) is 0 Å². The fraction of sp³-hybridized carbons (Fsp3) is 0.935. The Balaban J connectivity index is 1.33. The van der Waals surface area contributed by atoms with Crippen molar-refractivity contribution in [1.29, 1.82) is 0 Å². The van der Waals surface area contributed by atoms with Crippen LogP contribution in [0.4, 0.5) is 4.79 Å². The van der Waals surface area contributed by atoms with Gasteiger partial charge in [0.05, 0.1) is 0 Å². The zero-order valence-corrected chi connectivity index (χ0v) is 24.0. The van der Waals surface area contributed by atoms with Crippen molar-refractivity contribution in [3.63, 3.8) is 0 Å². The lowest BCUT2D eigenvalue weighted by molar-refractivity contribution is -0.195. The maximum absolute atomic E-state index is 12.8. The van der Waals surface area contributed by atoms with E-state index in [1.165, 1.54) is 51.4 Å². The number of rotatable bonds is 2. The summed E-state index contributed by atoms with van der Waals surface area (Å²) >= 11 is 0. The number of fused-ring (bicyclic) bond motifs is 7. The quantitative estimate of drug-likeness (QED) is 0.404. The van der Waals surface area contributed by atoms with Crippen molar-refractivity contribution in [3.8, 4) is 0 Å². The van der Waals surface area contributed by atoms with Gasteiger partial charge in [-0.25, -0.2) is 4.79 Å². The zero-order valence-electron chi connectivity index (χ0n) is 24.0. The summed E-state index contributed by atoms with van der Waals surface area (Å²) in [5.41, 5.74) is -0.139. The van der Waals surface area contributed by atoms with Gasteiger partial charge in [0, 0.05) is 17.9 Å². The number of carbonyl (C=O) groups is 2. The molecule has 5 rings (SSSR count). The molecule has 0 spiro atoms. The van der Waals surface area contributed by atoms with Crippen molar-refractivity contribution in [2.45, 2.75) is 136 Å². The smallest absolute Gasteiger partial charge is 0.408 e. The molecule has 0 bridgehead atoms. The lowest BCUT2D eigenvalue weighted by Crippen LogP contribution is -2.62. The van der Waals surface area contributed by atoms with Crippen molar-refractivity contribution < 1.29 is 19.1 Å². The normalized spacial score (nSPS) is 45.4. The van der Waals surface area contributed by atoms with E-state index < -0.39 is 5.60 Å². The summed E-state index contributed by atoms with van der Waals surface area (Å²) in [5.74, 6) is 4.22. The highest BCUT2D eigenvalue weighted by Gasteiger charge is 2.63. The number of esters is 1. The summed E-state index contributed by atoms with van der Waals surface area (Å²) < 4.78 is 11.6. The standard InChI is InChI=1S/C31H51NO4/c1-19(33)35-26-15-17-30(7)23-12-10-22-20(21(23)11-13-25(30)29(26,5)6)14-18-31(16-8-9-24(22)31)32-27(34)36-28(2,3)4/h20-26H,8-18H2,1-7H3,(H,32,34). The lowest BCUT2D eigenvalue weighted by Gasteiger charge is -2.65. The minimum atomic E-state index is -0.458. The highest BCUT2D eigenvalue weighted by Crippen LogP contribution is 2.68. The molecule has 0 aromatic rings. The lowest BCUT2D eigenvalue weighted by atomic mass is 9.40. The van der Waals surface area contributed by atoms with E-state index in [4.69, 9.17) is 9.47 Å². The number of alkyl carbamates (subject to hydrolysis) is 1. The summed E-state index contributed by atoms with van der Waals surface area (Å²) in [6.45, 7) is 14.7. The Morgan fingerprint density at radius 3 is 2.19 bits per heavy atom. The van der Waals surface area contributed by atoms with Crippen molar-refractivity contribution >= 4 is 12.1 Å². The summed E-state index contributed by atoms with van der Waals surface area (Å²) in [7, 11) is 0. The minimum absolute atomic E-state index is 0.0327. The van der Waals surface area contributed by atoms with E-state index in [1.54, 1.807) is 6.92 Å². The van der Waals surface area contributed by atoms with Crippen LogP contribution in [0.5, 0.6) is 0 Å². The molecule has 5 heteroatoms. The predicted molar refractivity (Wildman–Crippen MR) is 141 cm³/mol. The summed E-state index contributed by atoms with van der Waals surface area (Å²) in [5, 5.41) is 3.44. The van der Waals surface area contributed by atoms with Gasteiger partial charge in [-0.3, -0.25) is 4.79 Å². The van der Waals surface area contributed by atoms with Crippen LogP contribution in [0.25, 0.3) is 0 Å². The number of hydrogen-bond acceptors (Lipinski definition) is 4. The van der Waals surface area contributed by atoms with Crippen LogP contribution in [0.15, 0.2) is 0 Å². The molecule has 9 atom stereocenters. The molecule has 0 aromatic heterocycles. The highest BCUT2D eigenvalue weighted by molar-refractivity contribution is 5.69. The van der Waals surface area contributed by atoms with E-state index >= 15 is 0 Å². The third-order valence-corrected chi connectivity index (χ3v) is 11.9. The molecule has 5 aliphatic carbocycles. The molecule has 0 radical (unpaired) electrons. The topological polar surface area (TPSA) is 64.6 Å². The van der Waals surface area contributed by atoms with Crippen LogP contribution in [-0.4, -0.2) is 29.3 Å². The van der Waals surface area contributed by atoms with Crippen LogP contribution < -0.4 is 5.32 Å². The van der Waals surface area contributed by atoms with Gasteiger partial charge in [0.1, 0.15) is 11.7 Å². The average Bonchev–Trinajstić information content (AvgIpc) is 3.17. The van der Waals surface area contributed by atoms with E-state index in [-0.39, 0.29) is 29.1 Å². The monoisotopic (exact) mass is 501 g/mol. The molecule has 5 fully saturated rings. The van der Waals surface area contributed by atoms with E-state index in [2.05, 4.69) is 26.1 Å². The van der Waals surface area contributed by atoms with Gasteiger partial charge in [0.2, 0.25) is 0 Å². The van der Waals surface area contributed by atoms with Crippen LogP contribution in [0.1, 0.15) is 119 Å². The molecule has 0 aliphatic heterocycles. The summed E-state index contributed by atoms with van der Waals surface area (Å²) in [4.78, 5) is 24.7. The van der Waals surface area contributed by atoms with Gasteiger partial charge in [0.25, 0.3) is 0 Å². The van der Waals surface area contributed by atoms with Gasteiger partial charge >= 0.3 is 12.1 Å². The van der Waals surface area contributed by atoms with E-state index in [0.717, 1.165) is 42.9 Å². The van der Waals surface area contributed by atoms with Gasteiger partial charge in [-0.2, -0.15) is 0 Å². The third kappa shape index (κ3) is 4.28. The molecule has 1 N–H and O–H groups in total. The molecule has 5 nitrogen and oxygen atoms in total. The first-order chi connectivity index (χ1) is 16.8. The van der Waals surface area contributed by atoms with E-state index in [9.17, 15) is 9.59 Å². The van der Waals surface area contributed by atoms with E-state index in [1.807, 2.05) is 20.8 Å². The Labute approximate surface area is 219 Å². The fourth-order valence-electron chi connectivity index (χ4n) is 10.7. The van der Waals surface area contributed by atoms with Crippen molar-refractivity contribution in [2.24, 2.45) is 46.3 Å². The van der Waals surface area contributed by atoms with Crippen molar-refractivity contribution in [1.82, 2.24) is 5.32 Å². The number of hydrogen-bond donors (Lipinski definition) is 1. The Morgan fingerprint density at radius 1 is 0.806 bits per heavy atom. The summed E-state index contributed by atoms with van der Waals surface area (Å²) in [6, 6.07) is 0. The maximum atomic E-state index is 12.8. The molecular weight excluding hydrogens is 450 g/mol. The molecule has 0 heterocycles. The van der Waals surface area contributed by atoms with Crippen LogP contribution in [-0.2, 0) is 14.3 Å². The zero-order chi connectivity index (χ0) is 26.1. The second-order valence-corrected chi connectivity index (χ2v) is 15.1. The van der Waals surface area contributed by atoms with Crippen LogP contribution in [0, 0.1) is 46.3 Å². The maximum Gasteiger partial charge on any atom is 0.408 e. The third-order valence-electron chi connectivity index (χ3n) is 11.9. The van der Waals surface area contributed by atoms with Gasteiger partial charge < -0.3 is 14.8 Å². The summed E-state index contributed by atoms with van der Waals surface area (Å²) in [6.07, 6.45) is 13.2. The Morgan fingerprint density at radius 2 is 1.50 bits per heavy atom. The highest BCUT2D eigenvalue weighted by atomic mass is 16.6. The first-order valence-electron chi connectivity index (χ1n) is 15.0. The Hall–Kier alpha value is -1.26. The second-order valence-electron chi connectivity index (χ2n) is 15.1. The van der Waals surface area contributed by atoms with Crippen LogP contribution >= 0.6 is 0 Å². The molecule has 0 saturated heterocycles. The number of nitrogens with one attached hydrogen (secondary N) is 1. The Kier molecular flexibility index (Phi) is 6.52. The molecule has 1 amide bonds. The largest absolute Gasteiger partial charge is 0.462 e. The van der Waals surface area contributed by atoms with Crippen LogP contribution in [0.2, 0.25) is 0 Å². The minimum Gasteiger partial charge on any atom is -0.462 e. The van der Waals surface area contributed by atoms with Gasteiger partial charge in [-0.1, -0.05) is 27.2 Å². The first kappa shape index (κ1) is 26.4. The SMILES string of the molecule is CC(=O)OC1CCC2(C)C3CCC4C(CCC5(NC(=O)OC(C)(C)C)CCCC45)C3CCC2C1(C)C. The van der Waals surface area contributed by atoms with Crippen molar-refractivity contribution in [3.05, 3.63) is 0 Å². The molecular formula is C31H51NO4. The number of carbonyl (C=O) groups excluding carboxylic acids is 2. The first-order valence-corrected chi connectivity index (χ1v) is 15.0. The number of amides is 1. The molecule has 5 saturated carbocycles. The second kappa shape index (κ2) is 8.90. The van der Waals surface area contributed by atoms with Gasteiger partial charge in [0.15, 0.2) is 0 Å².